The molecule has 3 rings (SSSR count). The number of para-hydroxylation sites is 1. The second kappa shape index (κ2) is 4.84. The fraction of sp³-hybridized carbons (Fsp3) is 0.250. The monoisotopic (exact) mass is 255 g/mol. The molecule has 1 unspecified atom stereocenters. The molecule has 1 aliphatic heterocycles. The van der Waals surface area contributed by atoms with Crippen LogP contribution in [0.15, 0.2) is 42.5 Å². The van der Waals surface area contributed by atoms with Crippen LogP contribution in [0.25, 0.3) is 0 Å². The molecule has 0 saturated carbocycles. The molecule has 2 N–H and O–H groups in total. The number of nitrogen functional groups attached to an aromatic ring is 1. The number of benzene rings is 2. The van der Waals surface area contributed by atoms with Crippen LogP contribution in [-0.2, 0) is 6.42 Å². The van der Waals surface area contributed by atoms with Gasteiger partial charge in [0.15, 0.2) is 0 Å². The number of anilines is 1. The summed E-state index contributed by atoms with van der Waals surface area (Å²) in [5.41, 5.74) is 8.86. The van der Waals surface area contributed by atoms with Crippen molar-refractivity contribution in [1.82, 2.24) is 0 Å². The molecular weight excluding hydrogens is 238 g/mol. The van der Waals surface area contributed by atoms with Gasteiger partial charge in [0.2, 0.25) is 0 Å². The Bertz CT molecular complexity index is 570. The lowest BCUT2D eigenvalue weighted by molar-refractivity contribution is 0.148. The number of fused-ring (bicyclic) bond motifs is 1. The van der Waals surface area contributed by atoms with Crippen molar-refractivity contribution in [2.45, 2.75) is 19.4 Å². The lowest BCUT2D eigenvalue weighted by atomic mass is 10.1. The molecule has 98 valence electrons. The van der Waals surface area contributed by atoms with E-state index < -0.39 is 0 Å². The number of hydrogen-bond acceptors (Lipinski definition) is 3. The van der Waals surface area contributed by atoms with E-state index in [1.54, 1.807) is 0 Å². The third-order valence-corrected chi connectivity index (χ3v) is 3.39. The molecule has 3 nitrogen and oxygen atoms in total. The van der Waals surface area contributed by atoms with Crippen molar-refractivity contribution < 1.29 is 9.47 Å². The number of aryl methyl sites for hydroxylation is 1. The lowest BCUT2D eigenvalue weighted by Crippen LogP contribution is -2.22. The molecule has 0 saturated heterocycles. The minimum absolute atomic E-state index is 0.0928. The van der Waals surface area contributed by atoms with Crippen LogP contribution in [0.2, 0.25) is 0 Å². The molecule has 0 bridgehead atoms. The maximum atomic E-state index is 5.83. The Hall–Kier alpha value is -2.16. The van der Waals surface area contributed by atoms with Gasteiger partial charge in [-0.3, -0.25) is 0 Å². The first kappa shape index (κ1) is 11.9. The molecule has 0 aliphatic carbocycles. The van der Waals surface area contributed by atoms with E-state index in [9.17, 15) is 0 Å². The Morgan fingerprint density at radius 1 is 1.26 bits per heavy atom. The number of nitrogens with two attached hydrogens (primary N) is 1. The van der Waals surface area contributed by atoms with Crippen molar-refractivity contribution in [3.8, 4) is 11.5 Å². The highest BCUT2D eigenvalue weighted by molar-refractivity contribution is 5.49. The smallest absolute Gasteiger partial charge is 0.137 e. The van der Waals surface area contributed by atoms with Crippen molar-refractivity contribution in [2.24, 2.45) is 0 Å². The summed E-state index contributed by atoms with van der Waals surface area (Å²) in [6.07, 6.45) is 1.000. The lowest BCUT2D eigenvalue weighted by Gasteiger charge is -2.13. The second-order valence-electron chi connectivity index (χ2n) is 4.88. The van der Waals surface area contributed by atoms with Crippen LogP contribution in [0.5, 0.6) is 11.5 Å². The van der Waals surface area contributed by atoms with Crippen molar-refractivity contribution in [3.05, 3.63) is 53.6 Å². The predicted octanol–water partition coefficient (Wildman–Crippen LogP) is 2.96. The van der Waals surface area contributed by atoms with Gasteiger partial charge in [-0.05, 0) is 42.3 Å². The third-order valence-electron chi connectivity index (χ3n) is 3.39. The van der Waals surface area contributed by atoms with Crippen LogP contribution in [0.4, 0.5) is 5.69 Å². The topological polar surface area (TPSA) is 44.5 Å². The molecule has 1 atom stereocenters. The first-order chi connectivity index (χ1) is 9.22. The molecule has 0 fully saturated rings. The molecule has 19 heavy (non-hydrogen) atoms. The van der Waals surface area contributed by atoms with E-state index in [1.807, 2.05) is 43.3 Å². The van der Waals surface area contributed by atoms with Gasteiger partial charge in [0.05, 0.1) is 0 Å². The van der Waals surface area contributed by atoms with E-state index >= 15 is 0 Å². The Labute approximate surface area is 113 Å². The third kappa shape index (κ3) is 2.50. The fourth-order valence-electron chi connectivity index (χ4n) is 2.27. The van der Waals surface area contributed by atoms with Gasteiger partial charge in [0.25, 0.3) is 0 Å². The van der Waals surface area contributed by atoms with Gasteiger partial charge in [0, 0.05) is 12.1 Å². The maximum Gasteiger partial charge on any atom is 0.137 e. The zero-order valence-corrected chi connectivity index (χ0v) is 10.9. The van der Waals surface area contributed by atoms with E-state index in [2.05, 4.69) is 6.07 Å². The van der Waals surface area contributed by atoms with E-state index in [0.717, 1.165) is 29.2 Å². The highest BCUT2D eigenvalue weighted by Gasteiger charge is 2.22. The summed E-state index contributed by atoms with van der Waals surface area (Å²) in [7, 11) is 0. The highest BCUT2D eigenvalue weighted by atomic mass is 16.5. The highest BCUT2D eigenvalue weighted by Crippen LogP contribution is 2.28. The Morgan fingerprint density at radius 2 is 2.11 bits per heavy atom. The molecule has 1 aliphatic rings. The Morgan fingerprint density at radius 3 is 2.89 bits per heavy atom. The van der Waals surface area contributed by atoms with Crippen LogP contribution < -0.4 is 15.2 Å². The van der Waals surface area contributed by atoms with Gasteiger partial charge in [-0.2, -0.15) is 0 Å². The minimum Gasteiger partial charge on any atom is -0.490 e. The molecular formula is C16H17NO2. The molecule has 2 aromatic rings. The number of ether oxygens (including phenoxy) is 2. The van der Waals surface area contributed by atoms with Crippen LogP contribution in [-0.4, -0.2) is 12.7 Å². The molecule has 0 spiro atoms. The van der Waals surface area contributed by atoms with Crippen LogP contribution in [0, 0.1) is 6.92 Å². The van der Waals surface area contributed by atoms with Crippen molar-refractivity contribution in [2.75, 3.05) is 12.3 Å². The normalized spacial score (nSPS) is 16.8. The largest absolute Gasteiger partial charge is 0.490 e. The van der Waals surface area contributed by atoms with Gasteiger partial charge in [-0.25, -0.2) is 0 Å². The molecule has 0 amide bonds. The standard InChI is InChI=1S/C16H17NO2/c1-11-8-13(6-7-15(11)17)18-10-14-9-12-4-2-3-5-16(12)19-14/h2-8,14H,9-10,17H2,1H3. The zero-order valence-electron chi connectivity index (χ0n) is 10.9. The average Bonchev–Trinajstić information content (AvgIpc) is 2.83. The summed E-state index contributed by atoms with van der Waals surface area (Å²) < 4.78 is 11.6. The van der Waals surface area contributed by atoms with Gasteiger partial charge in [-0.15, -0.1) is 0 Å². The molecule has 2 aromatic carbocycles. The average molecular weight is 255 g/mol. The SMILES string of the molecule is Cc1cc(OCC2Cc3ccccc3O2)ccc1N. The molecule has 0 aromatic heterocycles. The van der Waals surface area contributed by atoms with Crippen LogP contribution >= 0.6 is 0 Å². The van der Waals surface area contributed by atoms with Gasteiger partial charge in [-0.1, -0.05) is 18.2 Å². The summed E-state index contributed by atoms with van der Waals surface area (Å²) in [5.74, 6) is 1.82. The predicted molar refractivity (Wildman–Crippen MR) is 75.6 cm³/mol. The van der Waals surface area contributed by atoms with Gasteiger partial charge in [0.1, 0.15) is 24.2 Å². The minimum atomic E-state index is 0.0928. The molecule has 3 heteroatoms. The van der Waals surface area contributed by atoms with E-state index in [0.29, 0.717) is 6.61 Å². The van der Waals surface area contributed by atoms with Gasteiger partial charge >= 0.3 is 0 Å². The van der Waals surface area contributed by atoms with E-state index in [-0.39, 0.29) is 6.10 Å². The quantitative estimate of drug-likeness (QED) is 0.858. The molecule has 0 radical (unpaired) electrons. The van der Waals surface area contributed by atoms with Crippen molar-refractivity contribution in [1.29, 1.82) is 0 Å². The van der Waals surface area contributed by atoms with Crippen LogP contribution in [0.1, 0.15) is 11.1 Å². The zero-order chi connectivity index (χ0) is 13.2. The molecule has 1 heterocycles. The summed E-state index contributed by atoms with van der Waals surface area (Å²) >= 11 is 0. The van der Waals surface area contributed by atoms with E-state index in [1.165, 1.54) is 5.56 Å². The Balaban J connectivity index is 1.61. The first-order valence-corrected chi connectivity index (χ1v) is 6.46. The summed E-state index contributed by atoms with van der Waals surface area (Å²) in [6.45, 7) is 2.53. The van der Waals surface area contributed by atoms with Crippen molar-refractivity contribution in [3.63, 3.8) is 0 Å². The summed E-state index contributed by atoms with van der Waals surface area (Å²) in [6, 6.07) is 13.8. The van der Waals surface area contributed by atoms with Gasteiger partial charge < -0.3 is 15.2 Å². The fourth-order valence-corrected chi connectivity index (χ4v) is 2.27. The van der Waals surface area contributed by atoms with E-state index in [4.69, 9.17) is 15.2 Å². The van der Waals surface area contributed by atoms with Crippen LogP contribution in [0.3, 0.4) is 0 Å². The number of rotatable bonds is 3. The number of hydrogen-bond donors (Lipinski definition) is 1. The van der Waals surface area contributed by atoms with Crippen molar-refractivity contribution >= 4 is 5.69 Å². The summed E-state index contributed by atoms with van der Waals surface area (Å²) in [4.78, 5) is 0. The second-order valence-corrected chi connectivity index (χ2v) is 4.88. The maximum absolute atomic E-state index is 5.83. The first-order valence-electron chi connectivity index (χ1n) is 6.46. The Kier molecular flexibility index (Phi) is 3.03. The summed E-state index contributed by atoms with van der Waals surface area (Å²) in [5, 5.41) is 0.